The molecule has 0 spiro atoms. The Bertz CT molecular complexity index is 409. The number of halogens is 2. The van der Waals surface area contributed by atoms with Crippen LogP contribution in [-0.4, -0.2) is 43.6 Å². The van der Waals surface area contributed by atoms with Gasteiger partial charge in [-0.2, -0.15) is 0 Å². The summed E-state index contributed by atoms with van der Waals surface area (Å²) in [7, 11) is 0. The third-order valence-electron chi connectivity index (χ3n) is 3.50. The Hall–Kier alpha value is -1.20. The molecule has 20 heavy (non-hydrogen) atoms. The van der Waals surface area contributed by atoms with Crippen molar-refractivity contribution in [3.8, 4) is 5.75 Å². The van der Waals surface area contributed by atoms with Crippen LogP contribution < -0.4 is 10.5 Å². The predicted molar refractivity (Wildman–Crippen MR) is 75.3 cm³/mol. The number of alkyl halides is 2. The van der Waals surface area contributed by atoms with Crippen LogP contribution in [0.4, 0.5) is 8.78 Å². The number of likely N-dealkylation sites (tertiary alicyclic amines) is 1. The number of hydrogen-bond donors (Lipinski definition) is 1. The fraction of sp³-hybridized carbons (Fsp3) is 0.600. The van der Waals surface area contributed by atoms with E-state index in [1.165, 1.54) is 5.56 Å². The van der Waals surface area contributed by atoms with Crippen LogP contribution in [0.1, 0.15) is 18.4 Å². The van der Waals surface area contributed by atoms with Gasteiger partial charge in [-0.3, -0.25) is 4.90 Å². The van der Waals surface area contributed by atoms with Crippen LogP contribution in [0.2, 0.25) is 0 Å². The molecule has 5 heteroatoms. The number of hydrogen-bond acceptors (Lipinski definition) is 3. The summed E-state index contributed by atoms with van der Waals surface area (Å²) in [6.45, 7) is 2.19. The highest BCUT2D eigenvalue weighted by atomic mass is 19.3. The van der Waals surface area contributed by atoms with Crippen molar-refractivity contribution in [3.05, 3.63) is 29.8 Å². The van der Waals surface area contributed by atoms with Gasteiger partial charge in [-0.15, -0.1) is 0 Å². The van der Waals surface area contributed by atoms with Crippen LogP contribution >= 0.6 is 0 Å². The highest BCUT2D eigenvalue weighted by Crippen LogP contribution is 2.26. The van der Waals surface area contributed by atoms with Gasteiger partial charge in [0.05, 0.1) is 6.54 Å². The van der Waals surface area contributed by atoms with Gasteiger partial charge in [0.15, 0.2) is 0 Å². The highest BCUT2D eigenvalue weighted by Gasteiger charge is 2.34. The minimum Gasteiger partial charge on any atom is -0.492 e. The van der Waals surface area contributed by atoms with Gasteiger partial charge in [0.2, 0.25) is 0 Å². The molecule has 0 aliphatic carbocycles. The molecule has 0 bridgehead atoms. The van der Waals surface area contributed by atoms with Gasteiger partial charge in [-0.1, -0.05) is 12.1 Å². The molecule has 0 aromatic heterocycles. The quantitative estimate of drug-likeness (QED) is 0.871. The summed E-state index contributed by atoms with van der Waals surface area (Å²) in [5.74, 6) is -1.77. The lowest BCUT2D eigenvalue weighted by Crippen LogP contribution is -2.44. The van der Waals surface area contributed by atoms with Crippen LogP contribution in [0.3, 0.4) is 0 Å². The van der Waals surface area contributed by atoms with Crippen molar-refractivity contribution in [2.24, 2.45) is 5.73 Å². The number of rotatable bonds is 6. The Morgan fingerprint density at radius 1 is 1.25 bits per heavy atom. The second-order valence-electron chi connectivity index (χ2n) is 5.27. The average Bonchev–Trinajstić information content (AvgIpc) is 2.40. The molecule has 1 aromatic carbocycles. The third kappa shape index (κ3) is 4.72. The minimum atomic E-state index is -2.54. The molecular formula is C15H22F2N2O. The zero-order valence-electron chi connectivity index (χ0n) is 11.7. The van der Waals surface area contributed by atoms with Crippen LogP contribution in [0, 0.1) is 0 Å². The van der Waals surface area contributed by atoms with Crippen LogP contribution in [-0.2, 0) is 6.42 Å². The van der Waals surface area contributed by atoms with Crippen molar-refractivity contribution in [1.29, 1.82) is 0 Å². The molecule has 1 aromatic rings. The molecule has 1 saturated heterocycles. The summed E-state index contributed by atoms with van der Waals surface area (Å²) >= 11 is 0. The zero-order chi connectivity index (χ0) is 14.4. The van der Waals surface area contributed by atoms with Crippen LogP contribution in [0.15, 0.2) is 24.3 Å². The summed E-state index contributed by atoms with van der Waals surface area (Å²) in [4.78, 5) is 1.77. The van der Waals surface area contributed by atoms with Crippen molar-refractivity contribution < 1.29 is 13.5 Å². The van der Waals surface area contributed by atoms with Crippen molar-refractivity contribution in [2.45, 2.75) is 25.2 Å². The van der Waals surface area contributed by atoms with E-state index in [-0.39, 0.29) is 13.0 Å². The Balaban J connectivity index is 1.72. The van der Waals surface area contributed by atoms with E-state index >= 15 is 0 Å². The maximum Gasteiger partial charge on any atom is 0.260 e. The van der Waals surface area contributed by atoms with Gasteiger partial charge < -0.3 is 10.5 Å². The summed E-state index contributed by atoms with van der Waals surface area (Å²) in [6.07, 6.45) is 1.41. The average molecular weight is 284 g/mol. The number of benzene rings is 1. The summed E-state index contributed by atoms with van der Waals surface area (Å²) in [5, 5.41) is 0. The van der Waals surface area contributed by atoms with E-state index in [1.54, 1.807) is 4.90 Å². The maximum atomic E-state index is 13.2. The van der Waals surface area contributed by atoms with Crippen molar-refractivity contribution in [3.63, 3.8) is 0 Å². The normalized spacial score (nSPS) is 18.9. The highest BCUT2D eigenvalue weighted by molar-refractivity contribution is 5.27. The molecule has 2 N–H and O–H groups in total. The SMILES string of the molecule is NCCc1ccc(OCCN2CCCC(F)(F)C2)cc1. The van der Waals surface area contributed by atoms with E-state index in [1.807, 2.05) is 24.3 Å². The van der Waals surface area contributed by atoms with Gasteiger partial charge in [0.25, 0.3) is 5.92 Å². The predicted octanol–water partition coefficient (Wildman–Crippen LogP) is 2.30. The van der Waals surface area contributed by atoms with E-state index in [0.29, 0.717) is 26.1 Å². The molecule has 1 aliphatic heterocycles. The van der Waals surface area contributed by atoms with E-state index in [2.05, 4.69) is 0 Å². The smallest absolute Gasteiger partial charge is 0.260 e. The molecule has 0 unspecified atom stereocenters. The van der Waals surface area contributed by atoms with Gasteiger partial charge >= 0.3 is 0 Å². The lowest BCUT2D eigenvalue weighted by molar-refractivity contribution is -0.0656. The van der Waals surface area contributed by atoms with Gasteiger partial charge in [0.1, 0.15) is 12.4 Å². The Kier molecular flexibility index (Phi) is 5.31. The number of piperidine rings is 1. The lowest BCUT2D eigenvalue weighted by Gasteiger charge is -2.32. The second-order valence-corrected chi connectivity index (χ2v) is 5.27. The Morgan fingerprint density at radius 3 is 2.65 bits per heavy atom. The van der Waals surface area contributed by atoms with Gasteiger partial charge in [-0.05, 0) is 43.6 Å². The first-order chi connectivity index (χ1) is 9.59. The first kappa shape index (κ1) is 15.2. The third-order valence-corrected chi connectivity index (χ3v) is 3.50. The molecule has 1 heterocycles. The largest absolute Gasteiger partial charge is 0.492 e. The molecular weight excluding hydrogens is 262 g/mol. The van der Waals surface area contributed by atoms with E-state index in [9.17, 15) is 8.78 Å². The molecule has 1 aliphatic rings. The van der Waals surface area contributed by atoms with Crippen molar-refractivity contribution in [1.82, 2.24) is 4.90 Å². The summed E-state index contributed by atoms with van der Waals surface area (Å²) in [6, 6.07) is 7.76. The molecule has 0 amide bonds. The molecule has 0 radical (unpaired) electrons. The van der Waals surface area contributed by atoms with Crippen molar-refractivity contribution >= 4 is 0 Å². The molecule has 0 saturated carbocycles. The summed E-state index contributed by atoms with van der Waals surface area (Å²) < 4.78 is 32.1. The van der Waals surface area contributed by atoms with Gasteiger partial charge in [-0.25, -0.2) is 8.78 Å². The van der Waals surface area contributed by atoms with E-state index < -0.39 is 5.92 Å². The monoisotopic (exact) mass is 284 g/mol. The number of nitrogens with two attached hydrogens (primary N) is 1. The fourth-order valence-corrected chi connectivity index (χ4v) is 2.45. The standard InChI is InChI=1S/C15H22F2N2O/c16-15(17)7-1-9-19(12-15)10-11-20-14-4-2-13(3-5-14)6-8-18/h2-5H,1,6-12,18H2. The number of nitrogens with zero attached hydrogens (tertiary/aromatic N) is 1. The first-order valence-corrected chi connectivity index (χ1v) is 7.11. The Morgan fingerprint density at radius 2 is 2.00 bits per heavy atom. The van der Waals surface area contributed by atoms with Crippen LogP contribution in [0.25, 0.3) is 0 Å². The topological polar surface area (TPSA) is 38.5 Å². The van der Waals surface area contributed by atoms with Crippen LogP contribution in [0.5, 0.6) is 5.75 Å². The first-order valence-electron chi connectivity index (χ1n) is 7.11. The van der Waals surface area contributed by atoms with Crippen molar-refractivity contribution in [2.75, 3.05) is 32.8 Å². The van der Waals surface area contributed by atoms with Gasteiger partial charge in [0, 0.05) is 13.0 Å². The maximum absolute atomic E-state index is 13.2. The fourth-order valence-electron chi connectivity index (χ4n) is 2.45. The second kappa shape index (κ2) is 6.99. The lowest BCUT2D eigenvalue weighted by atomic mass is 10.1. The Labute approximate surface area is 118 Å². The van der Waals surface area contributed by atoms with E-state index in [4.69, 9.17) is 10.5 Å². The van der Waals surface area contributed by atoms with E-state index in [0.717, 1.165) is 18.7 Å². The minimum absolute atomic E-state index is 0.00691. The zero-order valence-corrected chi connectivity index (χ0v) is 11.7. The molecule has 112 valence electrons. The molecule has 1 fully saturated rings. The molecule has 0 atom stereocenters. The number of ether oxygens (including phenoxy) is 1. The summed E-state index contributed by atoms with van der Waals surface area (Å²) in [5.41, 5.74) is 6.66. The molecule has 2 rings (SSSR count). The molecule has 3 nitrogen and oxygen atoms in total.